The van der Waals surface area contributed by atoms with E-state index in [1.807, 2.05) is 0 Å². The molecule has 27 heavy (non-hydrogen) atoms. The van der Waals surface area contributed by atoms with Crippen molar-refractivity contribution in [2.45, 2.75) is 82.7 Å². The van der Waals surface area contributed by atoms with Crippen LogP contribution < -0.4 is 10.6 Å². The molecule has 5 rings (SSSR count). The van der Waals surface area contributed by atoms with Crippen molar-refractivity contribution in [3.05, 3.63) is 24.3 Å². The summed E-state index contributed by atoms with van der Waals surface area (Å²) in [6.45, 7) is 2.39. The van der Waals surface area contributed by atoms with Gasteiger partial charge in [-0.1, -0.05) is 62.8 Å². The molecule has 0 aromatic carbocycles. The SMILES string of the molecule is C1=C[C@@H]2[C@H]3CCCC[C@@H]3C[C@@H]2NCCCN[C@H]2C[C@H]3CCCC[C@@H]3[C@H]2C=C1. The van der Waals surface area contributed by atoms with Crippen LogP contribution in [-0.2, 0) is 0 Å². The van der Waals surface area contributed by atoms with E-state index in [2.05, 4.69) is 34.9 Å². The van der Waals surface area contributed by atoms with Gasteiger partial charge in [0.2, 0.25) is 0 Å². The molecule has 150 valence electrons. The summed E-state index contributed by atoms with van der Waals surface area (Å²) >= 11 is 0. The molecule has 8 atom stereocenters. The van der Waals surface area contributed by atoms with E-state index in [9.17, 15) is 0 Å². The lowest BCUT2D eigenvalue weighted by atomic mass is 9.77. The lowest BCUT2D eigenvalue weighted by molar-refractivity contribution is 0.247. The van der Waals surface area contributed by atoms with Crippen LogP contribution in [0.5, 0.6) is 0 Å². The standard InChI is InChI=1S/C25H40N2/c1-3-10-20-18(8-1)16-24-22(20)12-5-6-13-23-21-11-4-2-9-19(21)17-25(23)27-15-7-14-26-24/h5-6,12-13,18-27H,1-4,7-11,14-17H2/t18-,19-,20+,21+,22-,23-,24+,25+/m1/s1. The molecule has 2 nitrogen and oxygen atoms in total. The van der Waals surface area contributed by atoms with Gasteiger partial charge in [0.15, 0.2) is 0 Å². The van der Waals surface area contributed by atoms with Crippen molar-refractivity contribution in [1.82, 2.24) is 10.6 Å². The van der Waals surface area contributed by atoms with Crippen molar-refractivity contribution in [1.29, 1.82) is 0 Å². The van der Waals surface area contributed by atoms with E-state index in [1.54, 1.807) is 0 Å². The summed E-state index contributed by atoms with van der Waals surface area (Å²) in [5.41, 5.74) is 0. The van der Waals surface area contributed by atoms with Crippen LogP contribution in [0.2, 0.25) is 0 Å². The van der Waals surface area contributed by atoms with Crippen molar-refractivity contribution >= 4 is 0 Å². The second-order valence-electron chi connectivity index (χ2n) is 10.3. The molecule has 0 bridgehead atoms. The van der Waals surface area contributed by atoms with Gasteiger partial charge in [0, 0.05) is 12.1 Å². The average molecular weight is 369 g/mol. The van der Waals surface area contributed by atoms with E-state index in [0.717, 1.165) is 47.6 Å². The van der Waals surface area contributed by atoms with Crippen molar-refractivity contribution in [2.75, 3.05) is 13.1 Å². The zero-order valence-corrected chi connectivity index (χ0v) is 17.1. The molecule has 1 heterocycles. The Kier molecular flexibility index (Phi) is 5.74. The molecule has 0 unspecified atom stereocenters. The molecule has 4 fully saturated rings. The van der Waals surface area contributed by atoms with E-state index in [0.29, 0.717) is 0 Å². The maximum absolute atomic E-state index is 3.97. The van der Waals surface area contributed by atoms with E-state index >= 15 is 0 Å². The molecule has 4 saturated carbocycles. The molecule has 5 aliphatic rings. The highest BCUT2D eigenvalue weighted by Gasteiger charge is 2.43. The number of nitrogens with one attached hydrogen (secondary N) is 2. The van der Waals surface area contributed by atoms with E-state index in [-0.39, 0.29) is 0 Å². The van der Waals surface area contributed by atoms with Crippen LogP contribution >= 0.6 is 0 Å². The summed E-state index contributed by atoms with van der Waals surface area (Å²) in [6, 6.07) is 1.46. The summed E-state index contributed by atoms with van der Waals surface area (Å²) < 4.78 is 0. The molecule has 0 saturated heterocycles. The van der Waals surface area contributed by atoms with Crippen molar-refractivity contribution in [2.24, 2.45) is 35.5 Å². The van der Waals surface area contributed by atoms with Gasteiger partial charge in [0.1, 0.15) is 0 Å². The molecular weight excluding hydrogens is 328 g/mol. The Morgan fingerprint density at radius 1 is 0.556 bits per heavy atom. The minimum atomic E-state index is 0.728. The minimum Gasteiger partial charge on any atom is -0.313 e. The Morgan fingerprint density at radius 3 is 1.56 bits per heavy atom. The number of hydrogen-bond acceptors (Lipinski definition) is 2. The fourth-order valence-electron chi connectivity index (χ4n) is 7.68. The van der Waals surface area contributed by atoms with Crippen LogP contribution in [0.4, 0.5) is 0 Å². The van der Waals surface area contributed by atoms with E-state index < -0.39 is 0 Å². The molecule has 0 spiro atoms. The first-order chi connectivity index (χ1) is 13.4. The third kappa shape index (κ3) is 3.81. The second-order valence-corrected chi connectivity index (χ2v) is 10.3. The van der Waals surface area contributed by atoms with Crippen LogP contribution in [0.15, 0.2) is 24.3 Å². The number of allylic oxidation sites excluding steroid dienone is 2. The van der Waals surface area contributed by atoms with Gasteiger partial charge in [-0.15, -0.1) is 0 Å². The first-order valence-electron chi connectivity index (χ1n) is 12.2. The van der Waals surface area contributed by atoms with Crippen LogP contribution in [0.25, 0.3) is 0 Å². The number of fused-ring (bicyclic) bond motifs is 6. The summed E-state index contributed by atoms with van der Waals surface area (Å²) in [5, 5.41) is 7.94. The molecular formula is C25H40N2. The van der Waals surface area contributed by atoms with Gasteiger partial charge >= 0.3 is 0 Å². The maximum atomic E-state index is 3.97. The number of hydrogen-bond donors (Lipinski definition) is 2. The minimum absolute atomic E-state index is 0.728. The topological polar surface area (TPSA) is 24.1 Å². The molecule has 0 aromatic heterocycles. The summed E-state index contributed by atoms with van der Waals surface area (Å²) in [5.74, 6) is 5.43. The zero-order valence-electron chi connectivity index (χ0n) is 17.1. The van der Waals surface area contributed by atoms with Gasteiger partial charge in [-0.2, -0.15) is 0 Å². The fraction of sp³-hybridized carbons (Fsp3) is 0.840. The monoisotopic (exact) mass is 368 g/mol. The van der Waals surface area contributed by atoms with E-state index in [4.69, 9.17) is 0 Å². The van der Waals surface area contributed by atoms with Crippen LogP contribution in [0.1, 0.15) is 70.6 Å². The van der Waals surface area contributed by atoms with Gasteiger partial charge in [-0.05, 0) is 80.7 Å². The highest BCUT2D eigenvalue weighted by atomic mass is 15.0. The third-order valence-corrected chi connectivity index (χ3v) is 8.91. The van der Waals surface area contributed by atoms with Crippen molar-refractivity contribution in [3.8, 4) is 0 Å². The maximum Gasteiger partial charge on any atom is 0.0135 e. The Bertz CT molecular complexity index is 505. The zero-order chi connectivity index (χ0) is 18.1. The van der Waals surface area contributed by atoms with Gasteiger partial charge < -0.3 is 10.6 Å². The number of rotatable bonds is 0. The molecule has 1 aliphatic heterocycles. The summed E-state index contributed by atoms with van der Waals surface area (Å²) in [7, 11) is 0. The van der Waals surface area contributed by atoms with Crippen LogP contribution in [0.3, 0.4) is 0 Å². The Labute approximate surface area is 166 Å². The van der Waals surface area contributed by atoms with Gasteiger partial charge in [0.25, 0.3) is 0 Å². The molecule has 2 heteroatoms. The lowest BCUT2D eigenvalue weighted by Crippen LogP contribution is -2.37. The van der Waals surface area contributed by atoms with Gasteiger partial charge in [-0.3, -0.25) is 0 Å². The Morgan fingerprint density at radius 2 is 1.04 bits per heavy atom. The van der Waals surface area contributed by atoms with E-state index in [1.165, 1.54) is 83.7 Å². The molecule has 2 N–H and O–H groups in total. The first kappa shape index (κ1) is 18.4. The highest BCUT2D eigenvalue weighted by molar-refractivity contribution is 5.15. The fourth-order valence-corrected chi connectivity index (χ4v) is 7.68. The normalized spacial score (nSPS) is 47.7. The van der Waals surface area contributed by atoms with Crippen molar-refractivity contribution < 1.29 is 0 Å². The molecule has 0 amide bonds. The third-order valence-electron chi connectivity index (χ3n) is 8.91. The summed E-state index contributed by atoms with van der Waals surface area (Å²) in [6.07, 6.45) is 26.0. The molecule has 0 aromatic rings. The van der Waals surface area contributed by atoms with Crippen LogP contribution in [0, 0.1) is 35.5 Å². The highest BCUT2D eigenvalue weighted by Crippen LogP contribution is 2.48. The Hall–Kier alpha value is -0.600. The summed E-state index contributed by atoms with van der Waals surface area (Å²) in [4.78, 5) is 0. The van der Waals surface area contributed by atoms with Crippen LogP contribution in [-0.4, -0.2) is 25.2 Å². The smallest absolute Gasteiger partial charge is 0.0135 e. The first-order valence-corrected chi connectivity index (χ1v) is 12.2. The van der Waals surface area contributed by atoms with Gasteiger partial charge in [-0.25, -0.2) is 0 Å². The Balaban J connectivity index is 1.33. The molecule has 0 radical (unpaired) electrons. The predicted octanol–water partition coefficient (Wildman–Crippen LogP) is 5.07. The second kappa shape index (κ2) is 8.41. The average Bonchev–Trinajstić information content (AvgIpc) is 3.22. The predicted molar refractivity (Wildman–Crippen MR) is 114 cm³/mol. The van der Waals surface area contributed by atoms with Gasteiger partial charge in [0.05, 0.1) is 0 Å². The molecule has 4 aliphatic carbocycles. The van der Waals surface area contributed by atoms with Crippen molar-refractivity contribution in [3.63, 3.8) is 0 Å². The lowest BCUT2D eigenvalue weighted by Gasteiger charge is -2.28. The quantitative estimate of drug-likeness (QED) is 0.624. The largest absolute Gasteiger partial charge is 0.313 e.